The van der Waals surface area contributed by atoms with Crippen molar-refractivity contribution in [2.45, 2.75) is 25.1 Å². The number of thiophene rings is 1. The third-order valence-electron chi connectivity index (χ3n) is 2.47. The average Bonchev–Trinajstić information content (AvgIpc) is 2.77. The van der Waals surface area contributed by atoms with Crippen LogP contribution >= 0.6 is 11.3 Å². The molecule has 1 aliphatic rings. The van der Waals surface area contributed by atoms with Crippen LogP contribution in [-0.2, 0) is 6.54 Å². The van der Waals surface area contributed by atoms with Crippen LogP contribution in [0, 0.1) is 0 Å². The average molecular weight is 212 g/mol. The molecule has 0 bridgehead atoms. The monoisotopic (exact) mass is 212 g/mol. The first-order valence-electron chi connectivity index (χ1n) is 4.99. The van der Waals surface area contributed by atoms with Crippen molar-refractivity contribution in [3.05, 3.63) is 22.4 Å². The van der Waals surface area contributed by atoms with E-state index in [9.17, 15) is 5.11 Å². The van der Waals surface area contributed by atoms with Gasteiger partial charge in [-0.15, -0.1) is 11.3 Å². The first-order chi connectivity index (χ1) is 6.84. The maximum Gasteiger partial charge on any atom is 0.0680 e. The molecule has 0 aliphatic carbocycles. The van der Waals surface area contributed by atoms with Gasteiger partial charge in [0.1, 0.15) is 0 Å². The molecule has 0 radical (unpaired) electrons. The Balaban J connectivity index is 1.64. The van der Waals surface area contributed by atoms with Gasteiger partial charge in [0.2, 0.25) is 0 Å². The first kappa shape index (κ1) is 10.1. The smallest absolute Gasteiger partial charge is 0.0680 e. The molecule has 4 heteroatoms. The Labute approximate surface area is 88.1 Å². The molecule has 2 rings (SSSR count). The molecule has 78 valence electrons. The minimum Gasteiger partial charge on any atom is -0.392 e. The highest BCUT2D eigenvalue weighted by Gasteiger charge is 2.20. The van der Waals surface area contributed by atoms with E-state index < -0.39 is 0 Å². The normalized spacial score (nSPS) is 26.9. The van der Waals surface area contributed by atoms with Crippen LogP contribution in [0.3, 0.4) is 0 Å². The van der Waals surface area contributed by atoms with E-state index in [1.807, 2.05) is 0 Å². The van der Waals surface area contributed by atoms with E-state index in [-0.39, 0.29) is 6.10 Å². The highest BCUT2D eigenvalue weighted by atomic mass is 32.1. The summed E-state index contributed by atoms with van der Waals surface area (Å²) in [7, 11) is 0. The van der Waals surface area contributed by atoms with Gasteiger partial charge in [0.15, 0.2) is 0 Å². The fraction of sp³-hybridized carbons (Fsp3) is 0.600. The zero-order valence-corrected chi connectivity index (χ0v) is 8.89. The largest absolute Gasteiger partial charge is 0.392 e. The molecule has 2 heterocycles. The summed E-state index contributed by atoms with van der Waals surface area (Å²) in [6.07, 6.45) is 0.723. The number of hydrogen-bond donors (Lipinski definition) is 3. The molecule has 2 atom stereocenters. The SMILES string of the molecule is OC1CNC(CNCc2cccs2)C1. The summed E-state index contributed by atoms with van der Waals surface area (Å²) in [5.41, 5.74) is 0. The van der Waals surface area contributed by atoms with Crippen LogP contribution in [0.15, 0.2) is 17.5 Å². The van der Waals surface area contributed by atoms with E-state index >= 15 is 0 Å². The topological polar surface area (TPSA) is 44.3 Å². The molecule has 1 aromatic rings. The second kappa shape index (κ2) is 4.89. The second-order valence-corrected chi connectivity index (χ2v) is 4.74. The predicted molar refractivity (Wildman–Crippen MR) is 58.4 cm³/mol. The lowest BCUT2D eigenvalue weighted by molar-refractivity contribution is 0.193. The van der Waals surface area contributed by atoms with Crippen LogP contribution in [0.1, 0.15) is 11.3 Å². The number of rotatable bonds is 4. The van der Waals surface area contributed by atoms with Crippen LogP contribution in [0.5, 0.6) is 0 Å². The van der Waals surface area contributed by atoms with E-state index in [4.69, 9.17) is 0 Å². The lowest BCUT2D eigenvalue weighted by Gasteiger charge is -2.10. The van der Waals surface area contributed by atoms with Gasteiger partial charge in [-0.1, -0.05) is 6.07 Å². The zero-order chi connectivity index (χ0) is 9.80. The van der Waals surface area contributed by atoms with Crippen molar-refractivity contribution in [3.8, 4) is 0 Å². The van der Waals surface area contributed by atoms with Gasteiger partial charge in [0.25, 0.3) is 0 Å². The molecule has 0 saturated carbocycles. The van der Waals surface area contributed by atoms with Crippen molar-refractivity contribution < 1.29 is 5.11 Å². The zero-order valence-electron chi connectivity index (χ0n) is 8.07. The summed E-state index contributed by atoms with van der Waals surface area (Å²) in [6, 6.07) is 4.64. The van der Waals surface area contributed by atoms with Crippen molar-refractivity contribution >= 4 is 11.3 Å². The van der Waals surface area contributed by atoms with Gasteiger partial charge in [0.05, 0.1) is 6.10 Å². The van der Waals surface area contributed by atoms with E-state index in [1.54, 1.807) is 11.3 Å². The number of nitrogens with one attached hydrogen (secondary N) is 2. The van der Waals surface area contributed by atoms with Crippen LogP contribution in [0.2, 0.25) is 0 Å². The van der Waals surface area contributed by atoms with Crippen molar-refractivity contribution in [3.63, 3.8) is 0 Å². The lowest BCUT2D eigenvalue weighted by atomic mass is 10.2. The Morgan fingerprint density at radius 3 is 3.21 bits per heavy atom. The van der Waals surface area contributed by atoms with Crippen LogP contribution in [0.4, 0.5) is 0 Å². The van der Waals surface area contributed by atoms with E-state index in [2.05, 4.69) is 28.1 Å². The van der Waals surface area contributed by atoms with Crippen LogP contribution in [0.25, 0.3) is 0 Å². The molecular formula is C10H16N2OS. The summed E-state index contributed by atoms with van der Waals surface area (Å²) in [5.74, 6) is 0. The van der Waals surface area contributed by atoms with E-state index in [0.29, 0.717) is 6.04 Å². The Morgan fingerprint density at radius 2 is 2.57 bits per heavy atom. The summed E-state index contributed by atoms with van der Waals surface area (Å²) in [6.45, 7) is 2.62. The maximum absolute atomic E-state index is 9.29. The van der Waals surface area contributed by atoms with Gasteiger partial charge >= 0.3 is 0 Å². The molecule has 14 heavy (non-hydrogen) atoms. The standard InChI is InChI=1S/C10H16N2OS/c13-9-4-8(12-6-9)5-11-7-10-2-1-3-14-10/h1-3,8-9,11-13H,4-7H2. The van der Waals surface area contributed by atoms with E-state index in [1.165, 1.54) is 4.88 Å². The summed E-state index contributed by atoms with van der Waals surface area (Å²) < 4.78 is 0. The molecule has 0 aromatic carbocycles. The molecule has 1 aromatic heterocycles. The molecule has 1 saturated heterocycles. The molecule has 0 spiro atoms. The van der Waals surface area contributed by atoms with Crippen molar-refractivity contribution in [2.75, 3.05) is 13.1 Å². The third-order valence-corrected chi connectivity index (χ3v) is 3.35. The van der Waals surface area contributed by atoms with Crippen LogP contribution < -0.4 is 10.6 Å². The molecule has 1 aliphatic heterocycles. The summed E-state index contributed by atoms with van der Waals surface area (Å²) >= 11 is 1.77. The number of β-amino-alcohol motifs (C(OH)–C–C–N with tert-alkyl or cyclic N) is 1. The minimum absolute atomic E-state index is 0.150. The lowest BCUT2D eigenvalue weighted by Crippen LogP contribution is -2.33. The van der Waals surface area contributed by atoms with E-state index in [0.717, 1.165) is 26.1 Å². The highest BCUT2D eigenvalue weighted by molar-refractivity contribution is 7.09. The van der Waals surface area contributed by atoms with Crippen molar-refractivity contribution in [1.82, 2.24) is 10.6 Å². The predicted octanol–water partition coefficient (Wildman–Crippen LogP) is 0.560. The van der Waals surface area contributed by atoms with Gasteiger partial charge in [-0.05, 0) is 17.9 Å². The van der Waals surface area contributed by atoms with Crippen LogP contribution in [-0.4, -0.2) is 30.3 Å². The molecule has 0 amide bonds. The molecule has 2 unspecified atom stereocenters. The fourth-order valence-electron chi connectivity index (χ4n) is 1.74. The molecule has 3 N–H and O–H groups in total. The Bertz CT molecular complexity index is 263. The Morgan fingerprint density at radius 1 is 1.64 bits per heavy atom. The maximum atomic E-state index is 9.29. The number of hydrogen-bond acceptors (Lipinski definition) is 4. The minimum atomic E-state index is -0.150. The number of aliphatic hydroxyl groups is 1. The third kappa shape index (κ3) is 2.78. The first-order valence-corrected chi connectivity index (χ1v) is 5.87. The summed E-state index contributed by atoms with van der Waals surface area (Å²) in [4.78, 5) is 1.36. The molecular weight excluding hydrogens is 196 g/mol. The molecule has 3 nitrogen and oxygen atoms in total. The van der Waals surface area contributed by atoms with Crippen molar-refractivity contribution in [1.29, 1.82) is 0 Å². The van der Waals surface area contributed by atoms with Gasteiger partial charge < -0.3 is 15.7 Å². The Kier molecular flexibility index (Phi) is 3.53. The fourth-order valence-corrected chi connectivity index (χ4v) is 2.41. The number of aliphatic hydroxyl groups excluding tert-OH is 1. The van der Waals surface area contributed by atoms with Crippen molar-refractivity contribution in [2.24, 2.45) is 0 Å². The highest BCUT2D eigenvalue weighted by Crippen LogP contribution is 2.08. The van der Waals surface area contributed by atoms with Gasteiger partial charge in [-0.25, -0.2) is 0 Å². The molecule has 1 fully saturated rings. The quantitative estimate of drug-likeness (QED) is 0.683. The second-order valence-electron chi connectivity index (χ2n) is 3.70. The summed E-state index contributed by atoms with van der Waals surface area (Å²) in [5, 5.41) is 18.1. The van der Waals surface area contributed by atoms with Gasteiger partial charge in [-0.2, -0.15) is 0 Å². The Hall–Kier alpha value is -0.420. The van der Waals surface area contributed by atoms with Gasteiger partial charge in [0, 0.05) is 30.6 Å². The van der Waals surface area contributed by atoms with Gasteiger partial charge in [-0.3, -0.25) is 0 Å².